The van der Waals surface area contributed by atoms with Crippen molar-refractivity contribution < 1.29 is 4.79 Å². The Bertz CT molecular complexity index is 895. The summed E-state index contributed by atoms with van der Waals surface area (Å²) in [6.45, 7) is 0. The Labute approximate surface area is 146 Å². The van der Waals surface area contributed by atoms with E-state index in [2.05, 4.69) is 20.5 Å². The number of amides is 1. The Morgan fingerprint density at radius 2 is 2.00 bits per heavy atom. The van der Waals surface area contributed by atoms with Gasteiger partial charge in [-0.3, -0.25) is 9.78 Å². The molecule has 1 aromatic carbocycles. The van der Waals surface area contributed by atoms with E-state index in [1.807, 2.05) is 42.6 Å². The molecule has 0 saturated heterocycles. The Morgan fingerprint density at radius 1 is 1.12 bits per heavy atom. The van der Waals surface area contributed by atoms with Gasteiger partial charge in [0.05, 0.1) is 23.5 Å². The van der Waals surface area contributed by atoms with Crippen LogP contribution in [0.25, 0.3) is 11.3 Å². The lowest BCUT2D eigenvalue weighted by atomic mass is 9.89. The highest BCUT2D eigenvalue weighted by Crippen LogP contribution is 2.29. The maximum atomic E-state index is 12.7. The zero-order valence-electron chi connectivity index (χ0n) is 13.7. The van der Waals surface area contributed by atoms with E-state index in [9.17, 15) is 4.79 Å². The SMILES string of the molecule is O=C(NC1CCCc2cnccc21)c1cnnc(-c2ccccc2)c1. The van der Waals surface area contributed by atoms with Gasteiger partial charge in [-0.15, -0.1) is 0 Å². The molecule has 2 aromatic heterocycles. The van der Waals surface area contributed by atoms with Crippen LogP contribution in [0.1, 0.15) is 40.4 Å². The lowest BCUT2D eigenvalue weighted by molar-refractivity contribution is 0.0932. The van der Waals surface area contributed by atoms with Gasteiger partial charge in [0.1, 0.15) is 0 Å². The van der Waals surface area contributed by atoms with Crippen molar-refractivity contribution in [1.82, 2.24) is 20.5 Å². The largest absolute Gasteiger partial charge is 0.345 e. The minimum Gasteiger partial charge on any atom is -0.345 e. The number of aryl methyl sites for hydroxylation is 1. The van der Waals surface area contributed by atoms with Crippen LogP contribution in [0.15, 0.2) is 61.1 Å². The van der Waals surface area contributed by atoms with Crippen molar-refractivity contribution in [3.8, 4) is 11.3 Å². The number of carbonyl (C=O) groups excluding carboxylic acids is 1. The van der Waals surface area contributed by atoms with Crippen LogP contribution in [0, 0.1) is 0 Å². The smallest absolute Gasteiger partial charge is 0.253 e. The minimum absolute atomic E-state index is 0.0209. The standard InChI is InChI=1S/C20H18N4O/c25-20(23-18-8-4-7-15-12-21-10-9-17(15)18)16-11-19(24-22-13-16)14-5-2-1-3-6-14/h1-3,5-6,9-13,18H,4,7-8H2,(H,23,25). The van der Waals surface area contributed by atoms with Gasteiger partial charge < -0.3 is 5.32 Å². The zero-order chi connectivity index (χ0) is 17.1. The summed E-state index contributed by atoms with van der Waals surface area (Å²) in [5.74, 6) is -0.123. The first-order chi connectivity index (χ1) is 12.3. The average Bonchev–Trinajstić information content (AvgIpc) is 2.69. The van der Waals surface area contributed by atoms with E-state index in [1.54, 1.807) is 12.3 Å². The number of nitrogens with one attached hydrogen (secondary N) is 1. The fourth-order valence-corrected chi connectivity index (χ4v) is 3.27. The molecule has 1 atom stereocenters. The van der Waals surface area contributed by atoms with Crippen LogP contribution in [0.5, 0.6) is 0 Å². The van der Waals surface area contributed by atoms with Crippen LogP contribution in [-0.2, 0) is 6.42 Å². The molecule has 1 aliphatic carbocycles. The molecule has 1 amide bonds. The molecule has 2 heterocycles. The number of hydrogen-bond acceptors (Lipinski definition) is 4. The van der Waals surface area contributed by atoms with E-state index in [4.69, 9.17) is 0 Å². The fourth-order valence-electron chi connectivity index (χ4n) is 3.27. The number of pyridine rings is 1. The predicted molar refractivity (Wildman–Crippen MR) is 94.9 cm³/mol. The number of fused-ring (bicyclic) bond motifs is 1. The Balaban J connectivity index is 1.57. The van der Waals surface area contributed by atoms with Crippen molar-refractivity contribution in [2.75, 3.05) is 0 Å². The van der Waals surface area contributed by atoms with E-state index < -0.39 is 0 Å². The summed E-state index contributed by atoms with van der Waals surface area (Å²) >= 11 is 0. The first-order valence-electron chi connectivity index (χ1n) is 8.43. The number of rotatable bonds is 3. The quantitative estimate of drug-likeness (QED) is 0.800. The van der Waals surface area contributed by atoms with Gasteiger partial charge in [-0.2, -0.15) is 10.2 Å². The summed E-state index contributed by atoms with van der Waals surface area (Å²) in [7, 11) is 0. The highest BCUT2D eigenvalue weighted by atomic mass is 16.1. The first kappa shape index (κ1) is 15.4. The highest BCUT2D eigenvalue weighted by molar-refractivity contribution is 5.95. The molecule has 25 heavy (non-hydrogen) atoms. The Morgan fingerprint density at radius 3 is 2.88 bits per heavy atom. The molecule has 0 radical (unpaired) electrons. The third-order valence-corrected chi connectivity index (χ3v) is 4.55. The van der Waals surface area contributed by atoms with Crippen molar-refractivity contribution in [3.05, 3.63) is 77.7 Å². The van der Waals surface area contributed by atoms with E-state index in [0.29, 0.717) is 11.3 Å². The van der Waals surface area contributed by atoms with E-state index in [-0.39, 0.29) is 11.9 Å². The van der Waals surface area contributed by atoms with Crippen molar-refractivity contribution in [1.29, 1.82) is 0 Å². The molecular weight excluding hydrogens is 312 g/mol. The average molecular weight is 330 g/mol. The van der Waals surface area contributed by atoms with Gasteiger partial charge in [-0.1, -0.05) is 30.3 Å². The molecule has 1 N–H and O–H groups in total. The summed E-state index contributed by atoms with van der Waals surface area (Å²) < 4.78 is 0. The monoisotopic (exact) mass is 330 g/mol. The summed E-state index contributed by atoms with van der Waals surface area (Å²) in [5, 5.41) is 11.3. The number of aromatic nitrogens is 3. The van der Waals surface area contributed by atoms with Crippen molar-refractivity contribution in [2.45, 2.75) is 25.3 Å². The number of nitrogens with zero attached hydrogens (tertiary/aromatic N) is 3. The normalized spacial score (nSPS) is 16.1. The van der Waals surface area contributed by atoms with Crippen LogP contribution in [0.2, 0.25) is 0 Å². The summed E-state index contributed by atoms with van der Waals surface area (Å²) in [6.07, 6.45) is 8.20. The van der Waals surface area contributed by atoms with Gasteiger partial charge in [0.2, 0.25) is 0 Å². The molecule has 5 nitrogen and oxygen atoms in total. The fraction of sp³-hybridized carbons (Fsp3) is 0.200. The predicted octanol–water partition coefficient (Wildman–Crippen LogP) is 3.35. The molecule has 0 spiro atoms. The van der Waals surface area contributed by atoms with Crippen molar-refractivity contribution in [2.24, 2.45) is 0 Å². The summed E-state index contributed by atoms with van der Waals surface area (Å²) in [4.78, 5) is 16.9. The minimum atomic E-state index is -0.123. The van der Waals surface area contributed by atoms with Gasteiger partial charge in [0.15, 0.2) is 0 Å². The molecular formula is C20H18N4O. The third-order valence-electron chi connectivity index (χ3n) is 4.55. The molecule has 4 rings (SSSR count). The van der Waals surface area contributed by atoms with Gasteiger partial charge in [0.25, 0.3) is 5.91 Å². The molecule has 1 unspecified atom stereocenters. The topological polar surface area (TPSA) is 67.8 Å². The second-order valence-electron chi connectivity index (χ2n) is 6.19. The number of benzene rings is 1. The van der Waals surface area contributed by atoms with Gasteiger partial charge in [0, 0.05) is 18.0 Å². The van der Waals surface area contributed by atoms with Gasteiger partial charge in [-0.05, 0) is 42.5 Å². The summed E-state index contributed by atoms with van der Waals surface area (Å²) in [6, 6.07) is 13.5. The van der Waals surface area contributed by atoms with E-state index >= 15 is 0 Å². The lowest BCUT2D eigenvalue weighted by Crippen LogP contribution is -2.31. The second-order valence-corrected chi connectivity index (χ2v) is 6.19. The third kappa shape index (κ3) is 3.26. The van der Waals surface area contributed by atoms with Crippen molar-refractivity contribution >= 4 is 5.91 Å². The maximum absolute atomic E-state index is 12.7. The molecule has 0 saturated carbocycles. The molecule has 1 aliphatic rings. The van der Waals surface area contributed by atoms with Crippen molar-refractivity contribution in [3.63, 3.8) is 0 Å². The summed E-state index contributed by atoms with van der Waals surface area (Å²) in [5.41, 5.74) is 4.55. The van der Waals surface area contributed by atoms with Crippen LogP contribution in [-0.4, -0.2) is 21.1 Å². The van der Waals surface area contributed by atoms with Gasteiger partial charge >= 0.3 is 0 Å². The molecule has 0 aliphatic heterocycles. The molecule has 3 aromatic rings. The van der Waals surface area contributed by atoms with Crippen LogP contribution in [0.4, 0.5) is 0 Å². The first-order valence-corrected chi connectivity index (χ1v) is 8.43. The number of carbonyl (C=O) groups is 1. The Hall–Kier alpha value is -3.08. The second kappa shape index (κ2) is 6.81. The van der Waals surface area contributed by atoms with Crippen LogP contribution >= 0.6 is 0 Å². The maximum Gasteiger partial charge on any atom is 0.253 e. The molecule has 124 valence electrons. The van der Waals surface area contributed by atoms with Gasteiger partial charge in [-0.25, -0.2) is 0 Å². The number of hydrogen-bond donors (Lipinski definition) is 1. The molecule has 5 heteroatoms. The zero-order valence-corrected chi connectivity index (χ0v) is 13.7. The molecule has 0 fully saturated rings. The van der Waals surface area contributed by atoms with Crippen LogP contribution in [0.3, 0.4) is 0 Å². The molecule has 0 bridgehead atoms. The van der Waals surface area contributed by atoms with E-state index in [0.717, 1.165) is 24.8 Å². The Kier molecular flexibility index (Phi) is 4.21. The van der Waals surface area contributed by atoms with Crippen LogP contribution < -0.4 is 5.32 Å². The van der Waals surface area contributed by atoms with E-state index in [1.165, 1.54) is 17.3 Å². The highest BCUT2D eigenvalue weighted by Gasteiger charge is 2.22. The lowest BCUT2D eigenvalue weighted by Gasteiger charge is -2.26.